The lowest BCUT2D eigenvalue weighted by atomic mass is 10.1. The van der Waals surface area contributed by atoms with E-state index in [-0.39, 0.29) is 37.3 Å². The summed E-state index contributed by atoms with van der Waals surface area (Å²) in [6, 6.07) is 9.31. The number of rotatable bonds is 8. The molecule has 0 radical (unpaired) electrons. The Morgan fingerprint density at radius 1 is 1.07 bits per heavy atom. The van der Waals surface area contributed by atoms with E-state index in [2.05, 4.69) is 23.7 Å². The van der Waals surface area contributed by atoms with Crippen molar-refractivity contribution in [3.8, 4) is 0 Å². The largest absolute Gasteiger partial charge is 0.457 e. The van der Waals surface area contributed by atoms with Gasteiger partial charge in [-0.2, -0.15) is 0 Å². The number of Topliss-reactive ketones (excluding diaryl/α,β-unsaturated/α-hetero) is 1. The predicted molar refractivity (Wildman–Crippen MR) is 108 cm³/mol. The molecule has 0 saturated carbocycles. The molecule has 1 N–H and O–H groups in total. The minimum absolute atomic E-state index is 0.00984. The molecule has 6 heteroatoms. The van der Waals surface area contributed by atoms with Gasteiger partial charge in [-0.15, -0.1) is 0 Å². The second-order valence-electron chi connectivity index (χ2n) is 7.15. The first-order chi connectivity index (χ1) is 13.2. The number of carbonyl (C=O) groups is 3. The van der Waals surface area contributed by atoms with Crippen LogP contribution >= 0.6 is 0 Å². The van der Waals surface area contributed by atoms with Crippen LogP contribution < -0.4 is 5.32 Å². The van der Waals surface area contributed by atoms with Crippen LogP contribution in [0.5, 0.6) is 0 Å². The maximum Gasteiger partial charge on any atom is 0.308 e. The summed E-state index contributed by atoms with van der Waals surface area (Å²) in [6.07, 6.45) is 0.00984. The summed E-state index contributed by atoms with van der Waals surface area (Å²) in [5.41, 5.74) is 3.89. The Balaban J connectivity index is 1.81. The average molecular weight is 384 g/mol. The minimum atomic E-state index is -0.517. The Morgan fingerprint density at radius 2 is 1.75 bits per heavy atom. The molecule has 0 aliphatic rings. The number of carbonyl (C=O) groups excluding carboxylic acids is 3. The van der Waals surface area contributed by atoms with Crippen LogP contribution in [0.2, 0.25) is 0 Å². The number of ketones is 1. The number of benzene rings is 1. The monoisotopic (exact) mass is 384 g/mol. The molecule has 150 valence electrons. The van der Waals surface area contributed by atoms with Crippen molar-refractivity contribution >= 4 is 17.7 Å². The predicted octanol–water partition coefficient (Wildman–Crippen LogP) is 3.54. The molecule has 1 aromatic carbocycles. The summed E-state index contributed by atoms with van der Waals surface area (Å²) < 4.78 is 7.16. The van der Waals surface area contributed by atoms with Gasteiger partial charge in [0.2, 0.25) is 5.78 Å². The quantitative estimate of drug-likeness (QED) is 0.558. The molecule has 0 fully saturated rings. The fraction of sp³-hybridized carbons (Fsp3) is 0.409. The maximum atomic E-state index is 12.4. The molecule has 0 atom stereocenters. The molecule has 1 heterocycles. The third-order valence-electron chi connectivity index (χ3n) is 4.67. The van der Waals surface area contributed by atoms with Crippen LogP contribution in [0, 0.1) is 20.8 Å². The minimum Gasteiger partial charge on any atom is -0.457 e. The first kappa shape index (κ1) is 21.4. The third-order valence-corrected chi connectivity index (χ3v) is 4.67. The van der Waals surface area contributed by atoms with E-state index in [1.54, 1.807) is 12.1 Å². The molecule has 2 rings (SSSR count). The Hall–Kier alpha value is -2.89. The number of ether oxygens (including phenoxy) is 1. The maximum absolute atomic E-state index is 12.4. The van der Waals surface area contributed by atoms with Crippen molar-refractivity contribution < 1.29 is 19.1 Å². The van der Waals surface area contributed by atoms with E-state index in [9.17, 15) is 14.4 Å². The number of nitrogens with one attached hydrogen (secondary N) is 1. The van der Waals surface area contributed by atoms with E-state index in [0.717, 1.165) is 17.0 Å². The van der Waals surface area contributed by atoms with Crippen molar-refractivity contribution in [3.05, 3.63) is 58.4 Å². The van der Waals surface area contributed by atoms with Crippen molar-refractivity contribution in [1.82, 2.24) is 9.88 Å². The number of aromatic nitrogens is 1. The van der Waals surface area contributed by atoms with Crippen LogP contribution in [-0.4, -0.2) is 35.4 Å². The highest BCUT2D eigenvalue weighted by Crippen LogP contribution is 2.20. The van der Waals surface area contributed by atoms with E-state index in [1.807, 2.05) is 39.0 Å². The van der Waals surface area contributed by atoms with Crippen LogP contribution in [0.4, 0.5) is 0 Å². The zero-order valence-electron chi connectivity index (χ0n) is 17.2. The van der Waals surface area contributed by atoms with Crippen LogP contribution in [-0.2, 0) is 9.53 Å². The van der Waals surface area contributed by atoms with Gasteiger partial charge in [-0.05, 0) is 52.3 Å². The third kappa shape index (κ3) is 5.09. The average Bonchev–Trinajstić information content (AvgIpc) is 2.94. The van der Waals surface area contributed by atoms with Gasteiger partial charge in [0.25, 0.3) is 5.91 Å². The SMILES string of the molecule is Cc1ccccc1C(=O)NCCC(=O)OCC(=O)c1cc(C)n(C(C)C)c1C. The number of hydrogen-bond acceptors (Lipinski definition) is 4. The molecular weight excluding hydrogens is 356 g/mol. The van der Waals surface area contributed by atoms with Gasteiger partial charge in [0.15, 0.2) is 6.61 Å². The second kappa shape index (κ2) is 9.35. The van der Waals surface area contributed by atoms with Gasteiger partial charge in [0.1, 0.15) is 0 Å². The molecule has 0 unspecified atom stereocenters. The van der Waals surface area contributed by atoms with E-state index in [0.29, 0.717) is 11.1 Å². The summed E-state index contributed by atoms with van der Waals surface area (Å²) in [5, 5.41) is 2.69. The number of amides is 1. The van der Waals surface area contributed by atoms with Crippen LogP contribution in [0.15, 0.2) is 30.3 Å². The van der Waals surface area contributed by atoms with Gasteiger partial charge in [0.05, 0.1) is 6.42 Å². The topological polar surface area (TPSA) is 77.4 Å². The standard InChI is InChI=1S/C22H28N2O4/c1-14(2)24-16(4)12-19(17(24)5)20(25)13-28-21(26)10-11-23-22(27)18-9-7-6-8-15(18)3/h6-9,12,14H,10-11,13H2,1-5H3,(H,23,27). The lowest BCUT2D eigenvalue weighted by molar-refractivity contribution is -0.142. The van der Waals surface area contributed by atoms with Crippen LogP contribution in [0.25, 0.3) is 0 Å². The molecule has 28 heavy (non-hydrogen) atoms. The van der Waals surface area contributed by atoms with Crippen LogP contribution in [0.1, 0.15) is 64.0 Å². The number of nitrogens with zero attached hydrogens (tertiary/aromatic N) is 1. The Kier molecular flexibility index (Phi) is 7.15. The molecule has 0 bridgehead atoms. The fourth-order valence-corrected chi connectivity index (χ4v) is 3.35. The van der Waals surface area contributed by atoms with Crippen molar-refractivity contribution in [2.75, 3.05) is 13.2 Å². The van der Waals surface area contributed by atoms with Gasteiger partial charge in [-0.1, -0.05) is 18.2 Å². The van der Waals surface area contributed by atoms with Gasteiger partial charge < -0.3 is 14.6 Å². The number of hydrogen-bond donors (Lipinski definition) is 1. The molecular formula is C22H28N2O4. The fourth-order valence-electron chi connectivity index (χ4n) is 3.35. The van der Waals surface area contributed by atoms with E-state index in [4.69, 9.17) is 4.74 Å². The first-order valence-corrected chi connectivity index (χ1v) is 9.43. The van der Waals surface area contributed by atoms with Gasteiger partial charge in [-0.3, -0.25) is 14.4 Å². The van der Waals surface area contributed by atoms with Gasteiger partial charge in [-0.25, -0.2) is 0 Å². The highest BCUT2D eigenvalue weighted by Gasteiger charge is 2.18. The molecule has 0 aliphatic heterocycles. The second-order valence-corrected chi connectivity index (χ2v) is 7.15. The Morgan fingerprint density at radius 3 is 2.36 bits per heavy atom. The zero-order valence-corrected chi connectivity index (χ0v) is 17.2. The van der Waals surface area contributed by atoms with Crippen molar-refractivity contribution in [1.29, 1.82) is 0 Å². The smallest absolute Gasteiger partial charge is 0.308 e. The Bertz CT molecular complexity index is 881. The summed E-state index contributed by atoms with van der Waals surface area (Å²) in [4.78, 5) is 36.4. The van der Waals surface area contributed by atoms with E-state index in [1.165, 1.54) is 0 Å². The molecule has 2 aromatic rings. The van der Waals surface area contributed by atoms with Crippen molar-refractivity contribution in [2.24, 2.45) is 0 Å². The first-order valence-electron chi connectivity index (χ1n) is 9.43. The number of aryl methyl sites for hydroxylation is 2. The lowest BCUT2D eigenvalue weighted by Gasteiger charge is -2.13. The molecule has 6 nitrogen and oxygen atoms in total. The van der Waals surface area contributed by atoms with E-state index >= 15 is 0 Å². The van der Waals surface area contributed by atoms with Gasteiger partial charge in [0, 0.05) is 35.1 Å². The molecule has 1 aromatic heterocycles. The van der Waals surface area contributed by atoms with Gasteiger partial charge >= 0.3 is 5.97 Å². The van der Waals surface area contributed by atoms with Crippen molar-refractivity contribution in [2.45, 2.75) is 47.1 Å². The molecule has 0 spiro atoms. The zero-order chi connectivity index (χ0) is 20.8. The normalized spacial score (nSPS) is 10.8. The summed E-state index contributed by atoms with van der Waals surface area (Å²) in [7, 11) is 0. The molecule has 0 aliphatic carbocycles. The summed E-state index contributed by atoms with van der Waals surface area (Å²) >= 11 is 0. The molecule has 0 saturated heterocycles. The van der Waals surface area contributed by atoms with E-state index < -0.39 is 5.97 Å². The Labute approximate surface area is 165 Å². The number of esters is 1. The lowest BCUT2D eigenvalue weighted by Crippen LogP contribution is -2.27. The highest BCUT2D eigenvalue weighted by atomic mass is 16.5. The molecule has 1 amide bonds. The van der Waals surface area contributed by atoms with Crippen LogP contribution in [0.3, 0.4) is 0 Å². The summed E-state index contributed by atoms with van der Waals surface area (Å²) in [5.74, 6) is -0.975. The summed E-state index contributed by atoms with van der Waals surface area (Å²) in [6.45, 7) is 9.66. The highest BCUT2D eigenvalue weighted by molar-refractivity contribution is 5.99. The van der Waals surface area contributed by atoms with Crippen molar-refractivity contribution in [3.63, 3.8) is 0 Å².